The highest BCUT2D eigenvalue weighted by molar-refractivity contribution is 5.74. The molecule has 76 valence electrons. The fourth-order valence-electron chi connectivity index (χ4n) is 0.959. The highest BCUT2D eigenvalue weighted by Crippen LogP contribution is 2.28. The van der Waals surface area contributed by atoms with Crippen molar-refractivity contribution in [2.24, 2.45) is 0 Å². The Bertz CT molecular complexity index is 366. The van der Waals surface area contributed by atoms with Crippen LogP contribution in [-0.2, 0) is 4.79 Å². The third kappa shape index (κ3) is 1.94. The molecule has 0 spiro atoms. The van der Waals surface area contributed by atoms with E-state index in [1.54, 1.807) is 0 Å². The van der Waals surface area contributed by atoms with Crippen molar-refractivity contribution in [1.82, 2.24) is 0 Å². The molecule has 5 heteroatoms. The highest BCUT2D eigenvalue weighted by Gasteiger charge is 2.17. The van der Waals surface area contributed by atoms with E-state index < -0.39 is 19.2 Å². The highest BCUT2D eigenvalue weighted by atomic mass is 16.5. The number of ether oxygens (including phenoxy) is 1. The second-order valence-electron chi connectivity index (χ2n) is 2.61. The lowest BCUT2D eigenvalue weighted by Gasteiger charge is -2.08. The molecule has 1 aromatic carbocycles. The number of carbonyl (C=O) groups is 1. The van der Waals surface area contributed by atoms with Crippen LogP contribution in [0.25, 0.3) is 0 Å². The average Bonchev–Trinajstić information content (AvgIpc) is 2.20. The maximum Gasteiger partial charge on any atom is 0.337 e. The fraction of sp³-hybridized carbons (Fsp3) is 0.222. The van der Waals surface area contributed by atoms with Crippen LogP contribution < -0.4 is 4.74 Å². The van der Waals surface area contributed by atoms with Crippen LogP contribution in [0.15, 0.2) is 18.2 Å². The monoisotopic (exact) mass is 199 g/mol. The number of hydrogen-bond acceptors (Lipinski definition) is 4. The zero-order valence-corrected chi connectivity index (χ0v) is 7.17. The molecule has 1 rings (SSSR count). The molecule has 0 aliphatic rings. The number of carboxylic acid groups (broad SMARTS) is 1. The van der Waals surface area contributed by atoms with Gasteiger partial charge >= 0.3 is 5.97 Å². The van der Waals surface area contributed by atoms with Crippen LogP contribution in [-0.4, -0.2) is 28.4 Å². The number of hydrogen-bond donors (Lipinski definition) is 3. The van der Waals surface area contributed by atoms with Crippen LogP contribution >= 0.6 is 0 Å². The standard InChI is InChI=1S/C9H10O5/c1-14-7-4-5(2-3-6(7)10)8(11)9(12)13/h2-4,8,10-11H,1H3,(H,12,13)/t8-/m0/s1/i1D. The Hall–Kier alpha value is -1.75. The molecule has 0 fully saturated rings. The number of aliphatic hydroxyl groups excluding tert-OH is 1. The summed E-state index contributed by atoms with van der Waals surface area (Å²) in [6.07, 6.45) is -1.67. The van der Waals surface area contributed by atoms with Crippen molar-refractivity contribution in [2.75, 3.05) is 7.09 Å². The van der Waals surface area contributed by atoms with Crippen molar-refractivity contribution in [3.8, 4) is 11.5 Å². The van der Waals surface area contributed by atoms with Crippen molar-refractivity contribution in [2.45, 2.75) is 6.10 Å². The first-order chi connectivity index (χ1) is 7.06. The largest absolute Gasteiger partial charge is 0.504 e. The lowest BCUT2D eigenvalue weighted by atomic mass is 10.1. The minimum atomic E-state index is -1.67. The van der Waals surface area contributed by atoms with Crippen LogP contribution in [0.2, 0.25) is 0 Å². The van der Waals surface area contributed by atoms with Crippen LogP contribution in [0.1, 0.15) is 13.0 Å². The molecule has 0 heterocycles. The lowest BCUT2D eigenvalue weighted by molar-refractivity contribution is -0.146. The molecule has 0 radical (unpaired) electrons. The second kappa shape index (κ2) is 3.97. The molecule has 1 aromatic rings. The summed E-state index contributed by atoms with van der Waals surface area (Å²) in [6, 6.07) is 3.65. The zero-order valence-electron chi connectivity index (χ0n) is 8.17. The van der Waals surface area contributed by atoms with Crippen molar-refractivity contribution < 1.29 is 26.2 Å². The van der Waals surface area contributed by atoms with Gasteiger partial charge in [0.25, 0.3) is 0 Å². The van der Waals surface area contributed by atoms with Gasteiger partial charge in [0.2, 0.25) is 0 Å². The van der Waals surface area contributed by atoms with Gasteiger partial charge in [-0.2, -0.15) is 0 Å². The molecule has 0 aromatic heterocycles. The maximum absolute atomic E-state index is 10.5. The summed E-state index contributed by atoms with van der Waals surface area (Å²) in [7, 11) is -0.403. The van der Waals surface area contributed by atoms with Crippen LogP contribution in [0.4, 0.5) is 0 Å². The van der Waals surface area contributed by atoms with Gasteiger partial charge in [0, 0.05) is 0 Å². The molecular weight excluding hydrogens is 188 g/mol. The minimum Gasteiger partial charge on any atom is -0.504 e. The van der Waals surface area contributed by atoms with E-state index in [9.17, 15) is 15.0 Å². The van der Waals surface area contributed by atoms with E-state index >= 15 is 0 Å². The van der Waals surface area contributed by atoms with Crippen molar-refractivity contribution >= 4 is 5.97 Å². The fourth-order valence-corrected chi connectivity index (χ4v) is 0.959. The predicted molar refractivity (Wildman–Crippen MR) is 47.3 cm³/mol. The molecule has 0 bridgehead atoms. The maximum atomic E-state index is 10.5. The number of aromatic hydroxyl groups is 1. The van der Waals surface area contributed by atoms with Gasteiger partial charge < -0.3 is 20.1 Å². The van der Waals surface area contributed by atoms with Gasteiger partial charge in [0.15, 0.2) is 17.6 Å². The van der Waals surface area contributed by atoms with Crippen LogP contribution in [0.3, 0.4) is 0 Å². The van der Waals surface area contributed by atoms with Gasteiger partial charge in [-0.25, -0.2) is 4.79 Å². The molecule has 0 aliphatic carbocycles. The quantitative estimate of drug-likeness (QED) is 0.660. The number of aliphatic hydroxyl groups is 1. The Morgan fingerprint density at radius 2 is 2.36 bits per heavy atom. The van der Waals surface area contributed by atoms with E-state index in [0.29, 0.717) is 0 Å². The normalized spacial score (nSPS) is 13.1. The van der Waals surface area contributed by atoms with Crippen LogP contribution in [0, 0.1) is 0 Å². The molecular formula is C9H10O5. The first kappa shape index (κ1) is 8.83. The van der Waals surface area contributed by atoms with E-state index in [1.807, 2.05) is 0 Å². The van der Waals surface area contributed by atoms with E-state index in [4.69, 9.17) is 11.2 Å². The molecule has 0 saturated carbocycles. The SMILES string of the molecule is [2H]COc1cc([C@H](O)C(=O)O)ccc1O. The van der Waals surface area contributed by atoms with E-state index in [2.05, 4.69) is 0 Å². The molecule has 0 aliphatic heterocycles. The Kier molecular flexibility index (Phi) is 2.51. The molecule has 0 saturated heterocycles. The van der Waals surface area contributed by atoms with E-state index in [0.717, 1.165) is 0 Å². The molecule has 0 unspecified atom stereocenters. The predicted octanol–water partition coefficient (Wildman–Crippen LogP) is 0.519. The third-order valence-electron chi connectivity index (χ3n) is 1.69. The zero-order chi connectivity index (χ0) is 11.4. The van der Waals surface area contributed by atoms with Gasteiger partial charge in [-0.1, -0.05) is 6.07 Å². The number of phenols is 1. The number of methoxy groups -OCH3 is 1. The summed E-state index contributed by atoms with van der Waals surface area (Å²) in [5, 5.41) is 27.0. The molecule has 14 heavy (non-hydrogen) atoms. The van der Waals surface area contributed by atoms with Gasteiger partial charge in [0.1, 0.15) is 0 Å². The molecule has 0 amide bonds. The summed E-state index contributed by atoms with van der Waals surface area (Å²) in [6.45, 7) is 0. The number of aliphatic carboxylic acids is 1. The molecule has 3 N–H and O–H groups in total. The Morgan fingerprint density at radius 1 is 1.64 bits per heavy atom. The minimum absolute atomic E-state index is 0.0252. The third-order valence-corrected chi connectivity index (χ3v) is 1.69. The summed E-state index contributed by atoms with van der Waals surface area (Å²) in [5.74, 6) is -1.62. The summed E-state index contributed by atoms with van der Waals surface area (Å²) >= 11 is 0. The lowest BCUT2D eigenvalue weighted by Crippen LogP contribution is -2.10. The number of benzene rings is 1. The number of phenolic OH excluding ortho intramolecular Hbond substituents is 1. The van der Waals surface area contributed by atoms with Crippen LogP contribution in [0.5, 0.6) is 11.5 Å². The van der Waals surface area contributed by atoms with Crippen molar-refractivity contribution in [1.29, 1.82) is 0 Å². The first-order valence-corrected chi connectivity index (χ1v) is 3.72. The summed E-state index contributed by atoms with van der Waals surface area (Å²) in [5.41, 5.74) is 0.0868. The van der Waals surface area contributed by atoms with Gasteiger partial charge in [-0.05, 0) is 17.7 Å². The van der Waals surface area contributed by atoms with E-state index in [-0.39, 0.29) is 17.1 Å². The molecule has 1 atom stereocenters. The first-order valence-electron chi connectivity index (χ1n) is 4.42. The van der Waals surface area contributed by atoms with Crippen molar-refractivity contribution in [3.05, 3.63) is 23.8 Å². The molecule has 5 nitrogen and oxygen atoms in total. The summed E-state index contributed by atoms with van der Waals surface area (Å²) in [4.78, 5) is 10.5. The summed E-state index contributed by atoms with van der Waals surface area (Å²) < 4.78 is 11.5. The van der Waals surface area contributed by atoms with Gasteiger partial charge in [0.05, 0.1) is 8.46 Å². The second-order valence-corrected chi connectivity index (χ2v) is 2.61. The van der Waals surface area contributed by atoms with Crippen molar-refractivity contribution in [3.63, 3.8) is 0 Å². The van der Waals surface area contributed by atoms with Gasteiger partial charge in [-0.15, -0.1) is 0 Å². The van der Waals surface area contributed by atoms with Gasteiger partial charge in [-0.3, -0.25) is 0 Å². The number of carboxylic acids is 1. The average molecular weight is 199 g/mol. The Balaban J connectivity index is 3.01. The number of rotatable bonds is 3. The Labute approximate surface area is 81.6 Å². The van der Waals surface area contributed by atoms with E-state index in [1.165, 1.54) is 18.2 Å². The Morgan fingerprint density at radius 3 is 2.93 bits per heavy atom. The smallest absolute Gasteiger partial charge is 0.337 e. The topological polar surface area (TPSA) is 87.0 Å².